The molecule has 8 nitrogen and oxygen atoms in total. The fraction of sp³-hybridized carbons (Fsp3) is 0.565. The first-order valence-corrected chi connectivity index (χ1v) is 13.4. The molecule has 4 aliphatic rings. The van der Waals surface area contributed by atoms with Gasteiger partial charge in [-0.2, -0.15) is 4.98 Å². The second-order valence-electron chi connectivity index (χ2n) is 9.35. The molecular weight excluding hydrogens is 460 g/mol. The summed E-state index contributed by atoms with van der Waals surface area (Å²) in [6.07, 6.45) is 11.2. The van der Waals surface area contributed by atoms with E-state index < -0.39 is 10.8 Å². The van der Waals surface area contributed by atoms with E-state index in [-0.39, 0.29) is 18.1 Å². The first-order valence-electron chi connectivity index (χ1n) is 11.7. The summed E-state index contributed by atoms with van der Waals surface area (Å²) in [5, 5.41) is 10.5. The molecule has 2 atom stereocenters. The Morgan fingerprint density at radius 2 is 2.00 bits per heavy atom. The van der Waals surface area contributed by atoms with Gasteiger partial charge in [-0.05, 0) is 37.7 Å². The number of anilines is 2. The highest BCUT2D eigenvalue weighted by Gasteiger charge is 2.53. The van der Waals surface area contributed by atoms with Gasteiger partial charge in [0.25, 0.3) is 0 Å². The summed E-state index contributed by atoms with van der Waals surface area (Å²) >= 11 is 5.92. The number of aliphatic hydroxyl groups excluding tert-OH is 1. The van der Waals surface area contributed by atoms with Crippen molar-refractivity contribution in [2.24, 2.45) is 5.92 Å². The largest absolute Gasteiger partial charge is 0.396 e. The second-order valence-corrected chi connectivity index (χ2v) is 11.3. The number of aromatic nitrogens is 4. The van der Waals surface area contributed by atoms with Crippen molar-refractivity contribution in [1.82, 2.24) is 19.9 Å². The maximum absolute atomic E-state index is 12.9. The normalized spacial score (nSPS) is 25.8. The molecule has 174 valence electrons. The zero-order chi connectivity index (χ0) is 22.6. The highest BCUT2D eigenvalue weighted by molar-refractivity contribution is 7.85. The Labute approximate surface area is 200 Å². The summed E-state index contributed by atoms with van der Waals surface area (Å²) in [5.74, 6) is 3.14. The molecule has 0 bridgehead atoms. The van der Waals surface area contributed by atoms with Crippen LogP contribution in [0.15, 0.2) is 23.4 Å². The Morgan fingerprint density at radius 1 is 1.18 bits per heavy atom. The predicted octanol–water partition coefficient (Wildman–Crippen LogP) is 2.62. The van der Waals surface area contributed by atoms with Crippen LogP contribution in [-0.4, -0.2) is 66.8 Å². The molecule has 0 unspecified atom stereocenters. The zero-order valence-electron chi connectivity index (χ0n) is 18.4. The van der Waals surface area contributed by atoms with Crippen LogP contribution in [0.3, 0.4) is 0 Å². The van der Waals surface area contributed by atoms with Crippen LogP contribution in [0.5, 0.6) is 0 Å². The Morgan fingerprint density at radius 3 is 2.67 bits per heavy atom. The van der Waals surface area contributed by atoms with Crippen LogP contribution < -0.4 is 9.80 Å². The first-order chi connectivity index (χ1) is 16.1. The van der Waals surface area contributed by atoms with Gasteiger partial charge in [-0.15, -0.1) is 0 Å². The maximum Gasteiger partial charge on any atom is 0.227 e. The summed E-state index contributed by atoms with van der Waals surface area (Å²) < 4.78 is 12.9. The van der Waals surface area contributed by atoms with Gasteiger partial charge < -0.3 is 14.9 Å². The van der Waals surface area contributed by atoms with Gasteiger partial charge in [0.15, 0.2) is 11.6 Å². The lowest BCUT2D eigenvalue weighted by Gasteiger charge is -2.50. The van der Waals surface area contributed by atoms with Gasteiger partial charge in [0, 0.05) is 62.3 Å². The number of aliphatic hydroxyl groups is 1. The minimum absolute atomic E-state index is 0.0399. The van der Waals surface area contributed by atoms with Crippen LogP contribution in [0.1, 0.15) is 43.6 Å². The predicted molar refractivity (Wildman–Crippen MR) is 128 cm³/mol. The summed E-state index contributed by atoms with van der Waals surface area (Å²) in [6, 6.07) is 0. The molecular formula is C23H27ClN6O2S. The minimum atomic E-state index is -1.06. The maximum atomic E-state index is 12.9. The molecule has 2 aromatic rings. The number of nitrogens with zero attached hydrogens (tertiary/aromatic N) is 6. The van der Waals surface area contributed by atoms with E-state index in [1.165, 1.54) is 6.42 Å². The zero-order valence-corrected chi connectivity index (χ0v) is 20.0. The van der Waals surface area contributed by atoms with Gasteiger partial charge >= 0.3 is 0 Å². The number of hydrogen-bond acceptors (Lipinski definition) is 8. The molecule has 1 saturated carbocycles. The molecule has 1 spiro atoms. The Bertz CT molecular complexity index is 1140. The quantitative estimate of drug-likeness (QED) is 0.704. The fourth-order valence-corrected chi connectivity index (χ4v) is 7.26. The van der Waals surface area contributed by atoms with Crippen molar-refractivity contribution >= 4 is 39.7 Å². The third kappa shape index (κ3) is 3.47. The SMILES string of the molecule is O=[S@@]1CCc2nc(N3CC=C(c4ncc(Cl)cn4)CC3)nc(N3CC[C@@H](CO)C34CCC4)c21. The van der Waals surface area contributed by atoms with Crippen molar-refractivity contribution in [3.63, 3.8) is 0 Å². The van der Waals surface area contributed by atoms with Gasteiger partial charge in [-0.25, -0.2) is 15.0 Å². The Kier molecular flexibility index (Phi) is 5.38. The molecule has 2 aromatic heterocycles. The average molecular weight is 487 g/mol. The molecule has 1 saturated heterocycles. The van der Waals surface area contributed by atoms with E-state index in [0.717, 1.165) is 67.2 Å². The van der Waals surface area contributed by atoms with Crippen LogP contribution in [0.4, 0.5) is 11.8 Å². The van der Waals surface area contributed by atoms with E-state index in [4.69, 9.17) is 21.6 Å². The molecule has 6 rings (SSSR count). The lowest BCUT2D eigenvalue weighted by Crippen LogP contribution is -2.55. The van der Waals surface area contributed by atoms with Gasteiger partial charge in [0.1, 0.15) is 4.90 Å². The summed E-state index contributed by atoms with van der Waals surface area (Å²) in [7, 11) is -1.06. The third-order valence-corrected chi connectivity index (χ3v) is 9.40. The van der Waals surface area contributed by atoms with E-state index in [9.17, 15) is 9.32 Å². The Hall–Kier alpha value is -2.10. The molecule has 5 heterocycles. The van der Waals surface area contributed by atoms with Gasteiger partial charge in [0.2, 0.25) is 5.95 Å². The van der Waals surface area contributed by atoms with E-state index >= 15 is 0 Å². The topological polar surface area (TPSA) is 95.3 Å². The molecule has 10 heteroatoms. The lowest BCUT2D eigenvalue weighted by atomic mass is 9.69. The average Bonchev–Trinajstić information content (AvgIpc) is 3.40. The smallest absolute Gasteiger partial charge is 0.227 e. The van der Waals surface area contributed by atoms with Crippen molar-refractivity contribution in [3.05, 3.63) is 35.0 Å². The van der Waals surface area contributed by atoms with Crippen LogP contribution >= 0.6 is 11.6 Å². The molecule has 0 radical (unpaired) electrons. The van der Waals surface area contributed by atoms with Crippen molar-refractivity contribution < 1.29 is 9.32 Å². The number of fused-ring (bicyclic) bond motifs is 1. The number of halogens is 1. The molecule has 1 aliphatic carbocycles. The van der Waals surface area contributed by atoms with Gasteiger partial charge in [0.05, 0.1) is 21.5 Å². The van der Waals surface area contributed by atoms with E-state index in [0.29, 0.717) is 29.1 Å². The second kappa shape index (κ2) is 8.29. The van der Waals surface area contributed by atoms with Crippen LogP contribution in [0.25, 0.3) is 5.57 Å². The molecule has 3 aliphatic heterocycles. The third-order valence-electron chi connectivity index (χ3n) is 7.75. The molecule has 0 amide bonds. The highest BCUT2D eigenvalue weighted by atomic mass is 35.5. The van der Waals surface area contributed by atoms with Crippen molar-refractivity contribution in [3.8, 4) is 0 Å². The standard InChI is InChI=1S/C23H27ClN6O2S/c24-17-12-25-20(26-13-17)15-2-8-29(9-3-15)22-27-18-5-11-33(32)19(18)21(28-22)30-10-4-16(14-31)23(30)6-1-7-23/h2,12-13,16,31H,1,3-11,14H2/t16-,33+/m0/s1. The van der Waals surface area contributed by atoms with Crippen molar-refractivity contribution in [2.45, 2.75) is 49.0 Å². The molecule has 33 heavy (non-hydrogen) atoms. The van der Waals surface area contributed by atoms with E-state index in [2.05, 4.69) is 25.8 Å². The highest BCUT2D eigenvalue weighted by Crippen LogP contribution is 2.52. The lowest BCUT2D eigenvalue weighted by molar-refractivity contribution is 0.114. The minimum Gasteiger partial charge on any atom is -0.396 e. The fourth-order valence-electron chi connectivity index (χ4n) is 5.81. The number of rotatable bonds is 4. The van der Waals surface area contributed by atoms with Crippen molar-refractivity contribution in [1.29, 1.82) is 0 Å². The van der Waals surface area contributed by atoms with Crippen LogP contribution in [-0.2, 0) is 17.2 Å². The summed E-state index contributed by atoms with van der Waals surface area (Å²) in [6.45, 7) is 2.49. The van der Waals surface area contributed by atoms with Crippen LogP contribution in [0.2, 0.25) is 5.02 Å². The number of hydrogen-bond donors (Lipinski definition) is 1. The summed E-state index contributed by atoms with van der Waals surface area (Å²) in [5.41, 5.74) is 1.98. The molecule has 2 fully saturated rings. The van der Waals surface area contributed by atoms with Crippen LogP contribution in [0, 0.1) is 5.92 Å². The molecule has 1 N–H and O–H groups in total. The van der Waals surface area contributed by atoms with Crippen molar-refractivity contribution in [2.75, 3.05) is 41.8 Å². The molecule has 0 aromatic carbocycles. The number of aryl methyl sites for hydroxylation is 1. The van der Waals surface area contributed by atoms with Gasteiger partial charge in [-0.1, -0.05) is 17.7 Å². The van der Waals surface area contributed by atoms with E-state index in [1.807, 2.05) is 0 Å². The monoisotopic (exact) mass is 486 g/mol. The van der Waals surface area contributed by atoms with Gasteiger partial charge in [-0.3, -0.25) is 4.21 Å². The van der Waals surface area contributed by atoms with E-state index in [1.54, 1.807) is 12.4 Å². The summed E-state index contributed by atoms with van der Waals surface area (Å²) in [4.78, 5) is 24.0. The Balaban J connectivity index is 1.33. The first kappa shape index (κ1) is 21.4.